The van der Waals surface area contributed by atoms with E-state index in [1.54, 1.807) is 18.2 Å². The van der Waals surface area contributed by atoms with Crippen molar-refractivity contribution >= 4 is 16.9 Å². The first kappa shape index (κ1) is 13.6. The Hall–Kier alpha value is -1.85. The van der Waals surface area contributed by atoms with Crippen molar-refractivity contribution in [2.24, 2.45) is 0 Å². The van der Waals surface area contributed by atoms with Gasteiger partial charge in [-0.1, -0.05) is 18.2 Å². The highest BCUT2D eigenvalue weighted by molar-refractivity contribution is 6.03. The third kappa shape index (κ3) is 3.13. The van der Waals surface area contributed by atoms with Crippen molar-refractivity contribution in [2.45, 2.75) is 13.5 Å². The van der Waals surface area contributed by atoms with E-state index in [0.29, 0.717) is 43.0 Å². The molecule has 0 bridgehead atoms. The topological polar surface area (TPSA) is 71.7 Å². The van der Waals surface area contributed by atoms with Crippen LogP contribution in [0.4, 0.5) is 0 Å². The number of rotatable bonds is 7. The highest BCUT2D eigenvalue weighted by Gasteiger charge is 2.19. The van der Waals surface area contributed by atoms with Gasteiger partial charge in [0.25, 0.3) is 0 Å². The Labute approximate surface area is 111 Å². The summed E-state index contributed by atoms with van der Waals surface area (Å²) in [4.78, 5) is 11.3. The van der Waals surface area contributed by atoms with Gasteiger partial charge >= 0.3 is 5.97 Å². The van der Waals surface area contributed by atoms with Crippen molar-refractivity contribution in [3.8, 4) is 0 Å². The van der Waals surface area contributed by atoms with Crippen LogP contribution >= 0.6 is 0 Å². The number of carboxylic acid groups (broad SMARTS) is 1. The van der Waals surface area contributed by atoms with Crippen LogP contribution in [0.5, 0.6) is 0 Å². The molecule has 0 saturated heterocycles. The van der Waals surface area contributed by atoms with Crippen molar-refractivity contribution in [3.05, 3.63) is 35.6 Å². The van der Waals surface area contributed by atoms with Gasteiger partial charge in [0.15, 0.2) is 0 Å². The van der Waals surface area contributed by atoms with E-state index in [1.807, 2.05) is 13.0 Å². The second kappa shape index (κ2) is 6.36. The summed E-state index contributed by atoms with van der Waals surface area (Å²) in [7, 11) is 0. The number of hydrogen-bond donors (Lipinski definition) is 2. The first-order valence-electron chi connectivity index (χ1n) is 6.26. The minimum absolute atomic E-state index is 0.236. The third-order valence-electron chi connectivity index (χ3n) is 2.80. The maximum atomic E-state index is 11.3. The summed E-state index contributed by atoms with van der Waals surface area (Å²) < 4.78 is 10.8. The summed E-state index contributed by atoms with van der Waals surface area (Å²) in [5.74, 6) is -0.517. The second-order valence-electron chi connectivity index (χ2n) is 4.08. The zero-order valence-corrected chi connectivity index (χ0v) is 10.8. The van der Waals surface area contributed by atoms with Crippen molar-refractivity contribution in [1.29, 1.82) is 0 Å². The van der Waals surface area contributed by atoms with Crippen LogP contribution in [0, 0.1) is 0 Å². The number of furan rings is 1. The largest absolute Gasteiger partial charge is 0.478 e. The molecule has 0 spiro atoms. The number of para-hydroxylation sites is 1. The Balaban J connectivity index is 2.13. The van der Waals surface area contributed by atoms with Crippen LogP contribution in [0.2, 0.25) is 0 Å². The minimum Gasteiger partial charge on any atom is -0.478 e. The highest BCUT2D eigenvalue weighted by Crippen LogP contribution is 2.25. The number of carboxylic acids is 1. The number of ether oxygens (including phenoxy) is 1. The van der Waals surface area contributed by atoms with Gasteiger partial charge < -0.3 is 19.6 Å². The molecule has 5 nitrogen and oxygen atoms in total. The molecule has 19 heavy (non-hydrogen) atoms. The van der Waals surface area contributed by atoms with Crippen molar-refractivity contribution in [2.75, 3.05) is 19.8 Å². The molecule has 102 valence electrons. The molecule has 5 heteroatoms. The van der Waals surface area contributed by atoms with E-state index in [4.69, 9.17) is 9.15 Å². The van der Waals surface area contributed by atoms with E-state index in [9.17, 15) is 9.90 Å². The molecule has 1 aromatic heterocycles. The third-order valence-corrected chi connectivity index (χ3v) is 2.80. The van der Waals surface area contributed by atoms with Crippen LogP contribution in [0.3, 0.4) is 0 Å². The van der Waals surface area contributed by atoms with Crippen LogP contribution in [0.1, 0.15) is 23.0 Å². The molecular weight excluding hydrogens is 246 g/mol. The molecule has 0 aliphatic heterocycles. The minimum atomic E-state index is -0.966. The molecule has 0 saturated carbocycles. The molecule has 0 amide bonds. The van der Waals surface area contributed by atoms with Gasteiger partial charge in [-0.3, -0.25) is 0 Å². The molecule has 2 rings (SSSR count). The molecule has 0 radical (unpaired) electrons. The number of hydrogen-bond acceptors (Lipinski definition) is 4. The van der Waals surface area contributed by atoms with Crippen molar-refractivity contribution < 1.29 is 19.1 Å². The van der Waals surface area contributed by atoms with Gasteiger partial charge in [0.2, 0.25) is 0 Å². The molecule has 0 aliphatic rings. The van der Waals surface area contributed by atoms with Crippen LogP contribution in [-0.4, -0.2) is 30.8 Å². The standard InChI is InChI=1S/C14H17NO4/c1-2-18-8-7-15-9-12-13(14(16)17)10-5-3-4-6-11(10)19-12/h3-6,15H,2,7-9H2,1H3,(H,16,17). The number of benzene rings is 1. The summed E-state index contributed by atoms with van der Waals surface area (Å²) in [6.07, 6.45) is 0. The lowest BCUT2D eigenvalue weighted by atomic mass is 10.1. The molecule has 1 heterocycles. The average molecular weight is 263 g/mol. The number of nitrogens with one attached hydrogen (secondary N) is 1. The van der Waals surface area contributed by atoms with Crippen LogP contribution in [0.25, 0.3) is 11.0 Å². The fraction of sp³-hybridized carbons (Fsp3) is 0.357. The number of aromatic carboxylic acids is 1. The molecule has 1 aromatic carbocycles. The van der Waals surface area contributed by atoms with Gasteiger partial charge in [-0.05, 0) is 13.0 Å². The van der Waals surface area contributed by atoms with Gasteiger partial charge in [0, 0.05) is 18.5 Å². The summed E-state index contributed by atoms with van der Waals surface area (Å²) >= 11 is 0. The molecule has 0 fully saturated rings. The fourth-order valence-corrected chi connectivity index (χ4v) is 1.95. The van der Waals surface area contributed by atoms with Crippen LogP contribution in [-0.2, 0) is 11.3 Å². The number of fused-ring (bicyclic) bond motifs is 1. The zero-order chi connectivity index (χ0) is 13.7. The fourth-order valence-electron chi connectivity index (χ4n) is 1.95. The Morgan fingerprint density at radius 3 is 2.95 bits per heavy atom. The predicted molar refractivity (Wildman–Crippen MR) is 71.4 cm³/mol. The van der Waals surface area contributed by atoms with Gasteiger partial charge in [-0.2, -0.15) is 0 Å². The lowest BCUT2D eigenvalue weighted by molar-refractivity contribution is 0.0696. The van der Waals surface area contributed by atoms with E-state index in [0.717, 1.165) is 0 Å². The van der Waals surface area contributed by atoms with Crippen LogP contribution in [0.15, 0.2) is 28.7 Å². The molecule has 2 aromatic rings. The average Bonchev–Trinajstić information content (AvgIpc) is 2.76. The lowest BCUT2D eigenvalue weighted by Gasteiger charge is -2.03. The quantitative estimate of drug-likeness (QED) is 0.750. The monoisotopic (exact) mass is 263 g/mol. The summed E-state index contributed by atoms with van der Waals surface area (Å²) in [6.45, 7) is 4.24. The summed E-state index contributed by atoms with van der Waals surface area (Å²) in [5, 5.41) is 13.0. The van der Waals surface area contributed by atoms with Gasteiger partial charge in [0.05, 0.1) is 13.2 Å². The maximum absolute atomic E-state index is 11.3. The van der Waals surface area contributed by atoms with E-state index in [-0.39, 0.29) is 5.56 Å². The normalized spacial score (nSPS) is 11.0. The Morgan fingerprint density at radius 1 is 1.42 bits per heavy atom. The molecular formula is C14H17NO4. The van der Waals surface area contributed by atoms with E-state index < -0.39 is 5.97 Å². The first-order valence-corrected chi connectivity index (χ1v) is 6.26. The van der Waals surface area contributed by atoms with Crippen LogP contribution < -0.4 is 5.32 Å². The highest BCUT2D eigenvalue weighted by atomic mass is 16.5. The Bertz CT molecular complexity index is 562. The SMILES string of the molecule is CCOCCNCc1oc2ccccc2c1C(=O)O. The summed E-state index contributed by atoms with van der Waals surface area (Å²) in [6, 6.07) is 7.15. The van der Waals surface area contributed by atoms with Crippen molar-refractivity contribution in [3.63, 3.8) is 0 Å². The summed E-state index contributed by atoms with van der Waals surface area (Å²) in [5.41, 5.74) is 0.834. The van der Waals surface area contributed by atoms with E-state index >= 15 is 0 Å². The second-order valence-corrected chi connectivity index (χ2v) is 4.08. The van der Waals surface area contributed by atoms with Crippen molar-refractivity contribution in [1.82, 2.24) is 5.32 Å². The van der Waals surface area contributed by atoms with Gasteiger partial charge in [-0.25, -0.2) is 4.79 Å². The lowest BCUT2D eigenvalue weighted by Crippen LogP contribution is -2.20. The molecule has 0 atom stereocenters. The Kier molecular flexibility index (Phi) is 4.54. The maximum Gasteiger partial charge on any atom is 0.339 e. The smallest absolute Gasteiger partial charge is 0.339 e. The molecule has 2 N–H and O–H groups in total. The van der Waals surface area contributed by atoms with E-state index in [2.05, 4.69) is 5.32 Å². The molecule has 0 aliphatic carbocycles. The van der Waals surface area contributed by atoms with Gasteiger partial charge in [0.1, 0.15) is 16.9 Å². The Morgan fingerprint density at radius 2 is 2.21 bits per heavy atom. The number of carbonyl (C=O) groups is 1. The first-order chi connectivity index (χ1) is 9.24. The molecule has 0 unspecified atom stereocenters. The zero-order valence-electron chi connectivity index (χ0n) is 10.8. The predicted octanol–water partition coefficient (Wildman–Crippen LogP) is 2.26. The van der Waals surface area contributed by atoms with E-state index in [1.165, 1.54) is 0 Å². The van der Waals surface area contributed by atoms with Gasteiger partial charge in [-0.15, -0.1) is 0 Å².